The molecule has 1 unspecified atom stereocenters. The van der Waals surface area contributed by atoms with E-state index in [1.165, 1.54) is 0 Å². The van der Waals surface area contributed by atoms with Crippen molar-refractivity contribution >= 4 is 0 Å². The molecular weight excluding hydrogens is 272 g/mol. The van der Waals surface area contributed by atoms with E-state index in [2.05, 4.69) is 18.9 Å². The molecule has 5 heteroatoms. The Balaban J connectivity index is 2.12. The zero-order valence-electron chi connectivity index (χ0n) is 12.4. The summed E-state index contributed by atoms with van der Waals surface area (Å²) in [5.41, 5.74) is 6.97. The standard InChI is InChI=1S/C16H21F2N3/c1-3-13(4-2)21-8-7-12(20-21)10-16(19)14-9-11(17)5-6-15(14)18/h5-9,13,16H,3-4,10,19H2,1-2H3. The van der Waals surface area contributed by atoms with Crippen LogP contribution in [0.4, 0.5) is 8.78 Å². The van der Waals surface area contributed by atoms with Gasteiger partial charge in [0.15, 0.2) is 0 Å². The molecule has 1 aromatic carbocycles. The van der Waals surface area contributed by atoms with Gasteiger partial charge in [-0.3, -0.25) is 4.68 Å². The minimum Gasteiger partial charge on any atom is -0.324 e. The first-order valence-corrected chi connectivity index (χ1v) is 7.29. The van der Waals surface area contributed by atoms with Gasteiger partial charge in [0.1, 0.15) is 11.6 Å². The van der Waals surface area contributed by atoms with Crippen molar-refractivity contribution in [2.75, 3.05) is 0 Å². The van der Waals surface area contributed by atoms with Crippen LogP contribution in [-0.2, 0) is 6.42 Å². The second-order valence-corrected chi connectivity index (χ2v) is 5.23. The highest BCUT2D eigenvalue weighted by Gasteiger charge is 2.15. The van der Waals surface area contributed by atoms with E-state index in [4.69, 9.17) is 5.73 Å². The minimum absolute atomic E-state index is 0.187. The molecule has 0 bridgehead atoms. The smallest absolute Gasteiger partial charge is 0.128 e. The molecule has 1 atom stereocenters. The molecule has 21 heavy (non-hydrogen) atoms. The topological polar surface area (TPSA) is 43.8 Å². The number of rotatable bonds is 6. The molecule has 2 rings (SSSR count). The van der Waals surface area contributed by atoms with Gasteiger partial charge < -0.3 is 5.73 Å². The Bertz CT molecular complexity index is 591. The van der Waals surface area contributed by atoms with Gasteiger partial charge in [0.2, 0.25) is 0 Å². The van der Waals surface area contributed by atoms with Gasteiger partial charge >= 0.3 is 0 Å². The van der Waals surface area contributed by atoms with Crippen molar-refractivity contribution in [3.05, 3.63) is 53.4 Å². The lowest BCUT2D eigenvalue weighted by Crippen LogP contribution is -2.16. The van der Waals surface area contributed by atoms with Crippen LogP contribution in [0, 0.1) is 11.6 Å². The molecule has 0 aliphatic carbocycles. The number of halogens is 2. The number of benzene rings is 1. The van der Waals surface area contributed by atoms with Crippen molar-refractivity contribution in [1.29, 1.82) is 0 Å². The molecule has 0 aliphatic rings. The molecule has 0 radical (unpaired) electrons. The van der Waals surface area contributed by atoms with Gasteiger partial charge in [-0.05, 0) is 37.1 Å². The number of nitrogens with zero attached hydrogens (tertiary/aromatic N) is 2. The molecule has 1 heterocycles. The van der Waals surface area contributed by atoms with Crippen molar-refractivity contribution in [3.63, 3.8) is 0 Å². The molecule has 0 amide bonds. The summed E-state index contributed by atoms with van der Waals surface area (Å²) in [4.78, 5) is 0. The van der Waals surface area contributed by atoms with E-state index in [-0.39, 0.29) is 5.56 Å². The van der Waals surface area contributed by atoms with Gasteiger partial charge in [0.25, 0.3) is 0 Å². The molecule has 2 N–H and O–H groups in total. The van der Waals surface area contributed by atoms with E-state index >= 15 is 0 Å². The third-order valence-electron chi connectivity index (χ3n) is 3.77. The number of nitrogens with two attached hydrogens (primary N) is 1. The van der Waals surface area contributed by atoms with E-state index in [0.29, 0.717) is 12.5 Å². The summed E-state index contributed by atoms with van der Waals surface area (Å²) in [6.07, 6.45) is 4.31. The van der Waals surface area contributed by atoms with Crippen molar-refractivity contribution in [2.24, 2.45) is 5.73 Å². The highest BCUT2D eigenvalue weighted by atomic mass is 19.1. The first-order chi connectivity index (χ1) is 10.0. The zero-order chi connectivity index (χ0) is 15.4. The third-order valence-corrected chi connectivity index (χ3v) is 3.77. The Labute approximate surface area is 123 Å². The lowest BCUT2D eigenvalue weighted by atomic mass is 10.0. The minimum atomic E-state index is -0.606. The van der Waals surface area contributed by atoms with Crippen LogP contribution in [0.5, 0.6) is 0 Å². The summed E-state index contributed by atoms with van der Waals surface area (Å²) in [5.74, 6) is -0.965. The highest BCUT2D eigenvalue weighted by molar-refractivity contribution is 5.23. The number of aromatic nitrogens is 2. The third kappa shape index (κ3) is 3.67. The predicted octanol–water partition coefficient (Wildman–Crippen LogP) is 3.76. The maximum Gasteiger partial charge on any atom is 0.128 e. The summed E-state index contributed by atoms with van der Waals surface area (Å²) in [6, 6.07) is 4.99. The molecule has 0 aliphatic heterocycles. The Hall–Kier alpha value is -1.75. The van der Waals surface area contributed by atoms with Crippen molar-refractivity contribution < 1.29 is 8.78 Å². The zero-order valence-corrected chi connectivity index (χ0v) is 12.4. The Morgan fingerprint density at radius 2 is 1.90 bits per heavy atom. The molecule has 2 aromatic rings. The maximum absolute atomic E-state index is 13.7. The van der Waals surface area contributed by atoms with E-state index < -0.39 is 17.7 Å². The SMILES string of the molecule is CCC(CC)n1ccc(CC(N)c2cc(F)ccc2F)n1. The van der Waals surface area contributed by atoms with Gasteiger partial charge in [-0.15, -0.1) is 0 Å². The fourth-order valence-corrected chi connectivity index (χ4v) is 2.49. The molecule has 114 valence electrons. The molecular formula is C16H21F2N3. The molecule has 0 spiro atoms. The second-order valence-electron chi connectivity index (χ2n) is 5.23. The fraction of sp³-hybridized carbons (Fsp3) is 0.438. The van der Waals surface area contributed by atoms with Gasteiger partial charge in [-0.2, -0.15) is 5.10 Å². The lowest BCUT2D eigenvalue weighted by molar-refractivity contribution is 0.424. The normalized spacial score (nSPS) is 12.9. The van der Waals surface area contributed by atoms with Crippen molar-refractivity contribution in [1.82, 2.24) is 9.78 Å². The Kier molecular flexibility index (Phi) is 5.07. The van der Waals surface area contributed by atoms with E-state index in [0.717, 1.165) is 36.7 Å². The molecule has 0 fully saturated rings. The maximum atomic E-state index is 13.7. The average Bonchev–Trinajstić information content (AvgIpc) is 2.91. The van der Waals surface area contributed by atoms with Crippen molar-refractivity contribution in [2.45, 2.75) is 45.2 Å². The van der Waals surface area contributed by atoms with Crippen LogP contribution in [-0.4, -0.2) is 9.78 Å². The molecule has 1 aromatic heterocycles. The van der Waals surface area contributed by atoms with Crippen LogP contribution in [0.3, 0.4) is 0 Å². The fourth-order valence-electron chi connectivity index (χ4n) is 2.49. The van der Waals surface area contributed by atoms with E-state index in [1.54, 1.807) is 0 Å². The van der Waals surface area contributed by atoms with Gasteiger partial charge in [0, 0.05) is 24.2 Å². The van der Waals surface area contributed by atoms with Crippen molar-refractivity contribution in [3.8, 4) is 0 Å². The lowest BCUT2D eigenvalue weighted by Gasteiger charge is -2.14. The second kappa shape index (κ2) is 6.80. The van der Waals surface area contributed by atoms with Gasteiger partial charge in [-0.25, -0.2) is 8.78 Å². The number of hydrogen-bond acceptors (Lipinski definition) is 2. The molecule has 0 saturated heterocycles. The number of hydrogen-bond donors (Lipinski definition) is 1. The highest BCUT2D eigenvalue weighted by Crippen LogP contribution is 2.21. The van der Waals surface area contributed by atoms with Crippen LogP contribution in [0.1, 0.15) is 50.0 Å². The first-order valence-electron chi connectivity index (χ1n) is 7.29. The monoisotopic (exact) mass is 293 g/mol. The van der Waals surface area contributed by atoms with Crippen LogP contribution in [0.15, 0.2) is 30.5 Å². The average molecular weight is 293 g/mol. The van der Waals surface area contributed by atoms with E-state index in [1.807, 2.05) is 16.9 Å². The Morgan fingerprint density at radius 1 is 1.19 bits per heavy atom. The summed E-state index contributed by atoms with van der Waals surface area (Å²) in [5, 5.41) is 4.49. The Morgan fingerprint density at radius 3 is 2.57 bits per heavy atom. The van der Waals surface area contributed by atoms with E-state index in [9.17, 15) is 8.78 Å². The largest absolute Gasteiger partial charge is 0.324 e. The van der Waals surface area contributed by atoms with Gasteiger partial charge in [0.05, 0.1) is 11.7 Å². The van der Waals surface area contributed by atoms with Crippen LogP contribution < -0.4 is 5.73 Å². The van der Waals surface area contributed by atoms with Crippen LogP contribution in [0.2, 0.25) is 0 Å². The van der Waals surface area contributed by atoms with Gasteiger partial charge in [-0.1, -0.05) is 13.8 Å². The summed E-state index contributed by atoms with van der Waals surface area (Å²) >= 11 is 0. The molecule has 3 nitrogen and oxygen atoms in total. The summed E-state index contributed by atoms with van der Waals surface area (Å²) < 4.78 is 28.8. The predicted molar refractivity (Wildman–Crippen MR) is 78.8 cm³/mol. The quantitative estimate of drug-likeness (QED) is 0.881. The van der Waals surface area contributed by atoms with Crippen LogP contribution in [0.25, 0.3) is 0 Å². The summed E-state index contributed by atoms with van der Waals surface area (Å²) in [6.45, 7) is 4.23. The van der Waals surface area contributed by atoms with Crippen LogP contribution >= 0.6 is 0 Å². The first kappa shape index (κ1) is 15.6. The summed E-state index contributed by atoms with van der Waals surface area (Å²) in [7, 11) is 0. The molecule has 0 saturated carbocycles.